The fourth-order valence-corrected chi connectivity index (χ4v) is 4.92. The van der Waals surface area contributed by atoms with Crippen LogP contribution in [0.3, 0.4) is 0 Å². The Labute approximate surface area is 167 Å². The Kier molecular flexibility index (Phi) is 5.22. The number of carboxylic acids is 1. The molecule has 0 saturated carbocycles. The normalized spacial score (nSPS) is 15.2. The molecule has 0 spiro atoms. The summed E-state index contributed by atoms with van der Waals surface area (Å²) >= 11 is 5.20. The highest BCUT2D eigenvalue weighted by molar-refractivity contribution is 7.91. The van der Waals surface area contributed by atoms with Crippen molar-refractivity contribution in [2.24, 2.45) is 0 Å². The van der Waals surface area contributed by atoms with Crippen LogP contribution in [0.15, 0.2) is 35.2 Å². The monoisotopic (exact) mass is 422 g/mol. The summed E-state index contributed by atoms with van der Waals surface area (Å²) in [6.07, 6.45) is 0.0652. The van der Waals surface area contributed by atoms with Gasteiger partial charge in [-0.05, 0) is 56.4 Å². The predicted octanol–water partition coefficient (Wildman–Crippen LogP) is 1.41. The van der Waals surface area contributed by atoms with Crippen molar-refractivity contribution in [1.29, 1.82) is 0 Å². The minimum absolute atomic E-state index is 0.00150. The Morgan fingerprint density at radius 3 is 2.46 bits per heavy atom. The van der Waals surface area contributed by atoms with Gasteiger partial charge in [-0.2, -0.15) is 5.10 Å². The van der Waals surface area contributed by atoms with Gasteiger partial charge in [0.2, 0.25) is 5.91 Å². The topological polar surface area (TPSA) is 113 Å². The minimum Gasteiger partial charge on any atom is -0.476 e. The summed E-state index contributed by atoms with van der Waals surface area (Å²) in [5.74, 6) is -1.34. The molecule has 9 nitrogen and oxygen atoms in total. The minimum atomic E-state index is -3.92. The Morgan fingerprint density at radius 1 is 1.29 bits per heavy atom. The highest BCUT2D eigenvalue weighted by Gasteiger charge is 2.35. The number of amides is 1. The van der Waals surface area contributed by atoms with Crippen LogP contribution in [0.2, 0.25) is 0 Å². The molecule has 0 radical (unpaired) electrons. The smallest absolute Gasteiger partial charge is 0.356 e. The molecule has 0 atom stereocenters. The molecule has 148 valence electrons. The van der Waals surface area contributed by atoms with Crippen molar-refractivity contribution in [2.75, 3.05) is 13.1 Å². The van der Waals surface area contributed by atoms with Crippen LogP contribution >= 0.6 is 12.2 Å². The number of aryl methyl sites for hydroxylation is 1. The van der Waals surface area contributed by atoms with Gasteiger partial charge in [0.1, 0.15) is 0 Å². The predicted molar refractivity (Wildman–Crippen MR) is 104 cm³/mol. The first-order valence-electron chi connectivity index (χ1n) is 8.44. The second-order valence-corrected chi connectivity index (χ2v) is 8.36. The van der Waals surface area contributed by atoms with E-state index in [2.05, 4.69) is 5.10 Å². The Balaban J connectivity index is 1.91. The lowest BCUT2D eigenvalue weighted by molar-refractivity contribution is -0.128. The summed E-state index contributed by atoms with van der Waals surface area (Å²) in [6, 6.07) is 7.31. The van der Waals surface area contributed by atoms with Gasteiger partial charge in [-0.3, -0.25) is 9.69 Å². The number of carbonyl (C=O) groups excluding carboxylic acids is 1. The lowest BCUT2D eigenvalue weighted by atomic mass is 10.3. The summed E-state index contributed by atoms with van der Waals surface area (Å²) in [5.41, 5.74) is 1.02. The van der Waals surface area contributed by atoms with Crippen LogP contribution in [0.4, 0.5) is 0 Å². The third-order valence-electron chi connectivity index (χ3n) is 4.37. The number of aromatic nitrogens is 2. The maximum Gasteiger partial charge on any atom is 0.356 e. The van der Waals surface area contributed by atoms with Gasteiger partial charge in [-0.1, -0.05) is 0 Å². The van der Waals surface area contributed by atoms with Gasteiger partial charge in [0, 0.05) is 25.2 Å². The lowest BCUT2D eigenvalue weighted by Gasteiger charge is -2.35. The first-order valence-corrected chi connectivity index (χ1v) is 10.3. The van der Waals surface area contributed by atoms with Crippen molar-refractivity contribution in [3.05, 3.63) is 41.7 Å². The van der Waals surface area contributed by atoms with Crippen LogP contribution in [0.5, 0.6) is 0 Å². The number of benzene rings is 1. The molecule has 1 N–H and O–H groups in total. The van der Waals surface area contributed by atoms with Crippen LogP contribution in [0.1, 0.15) is 29.5 Å². The van der Waals surface area contributed by atoms with Crippen molar-refractivity contribution in [3.8, 4) is 5.69 Å². The maximum atomic E-state index is 13.0. The van der Waals surface area contributed by atoms with Crippen molar-refractivity contribution in [1.82, 2.24) is 19.0 Å². The average Bonchev–Trinajstić information content (AvgIpc) is 3.04. The van der Waals surface area contributed by atoms with Gasteiger partial charge < -0.3 is 5.11 Å². The number of carbonyl (C=O) groups is 2. The molecule has 1 aliphatic rings. The molecule has 0 bridgehead atoms. The van der Waals surface area contributed by atoms with E-state index in [4.69, 9.17) is 17.3 Å². The zero-order valence-corrected chi connectivity index (χ0v) is 16.8. The van der Waals surface area contributed by atoms with Crippen LogP contribution in [0, 0.1) is 6.92 Å². The number of nitrogens with zero attached hydrogens (tertiary/aromatic N) is 4. The third-order valence-corrected chi connectivity index (χ3v) is 6.73. The first kappa shape index (κ1) is 20.0. The van der Waals surface area contributed by atoms with Crippen molar-refractivity contribution in [2.45, 2.75) is 25.2 Å². The van der Waals surface area contributed by atoms with Gasteiger partial charge in [0.05, 0.1) is 10.6 Å². The molecule has 1 amide bonds. The number of carboxylic acid groups (broad SMARTS) is 1. The third kappa shape index (κ3) is 3.38. The molecule has 2 aromatic rings. The standard InChI is InChI=1S/C17H18N4O5S2/c1-3-19-15(22)8-9-20(17(19)27)28(25,26)13-6-4-12(5-7-13)21-11(2)10-14(18-21)16(23)24/h4-7,10H,3,8-9H2,1-2H3,(H,23,24). The molecule has 1 aliphatic heterocycles. The molecule has 1 fully saturated rings. The highest BCUT2D eigenvalue weighted by atomic mass is 32.2. The van der Waals surface area contributed by atoms with Crippen molar-refractivity contribution in [3.63, 3.8) is 0 Å². The van der Waals surface area contributed by atoms with Crippen LogP contribution in [-0.4, -0.2) is 62.6 Å². The summed E-state index contributed by atoms with van der Waals surface area (Å²) in [5, 5.41) is 13.0. The number of aromatic carboxylic acids is 1. The highest BCUT2D eigenvalue weighted by Crippen LogP contribution is 2.23. The van der Waals surface area contributed by atoms with Gasteiger partial charge in [0.15, 0.2) is 10.8 Å². The fourth-order valence-electron chi connectivity index (χ4n) is 2.93. The molecule has 0 aliphatic carbocycles. The molecule has 28 heavy (non-hydrogen) atoms. The van der Waals surface area contributed by atoms with E-state index in [0.29, 0.717) is 17.9 Å². The molecule has 1 aromatic carbocycles. The Hall–Kier alpha value is -2.79. The van der Waals surface area contributed by atoms with E-state index in [1.165, 1.54) is 39.9 Å². The van der Waals surface area contributed by atoms with E-state index in [9.17, 15) is 18.0 Å². The summed E-state index contributed by atoms with van der Waals surface area (Å²) in [6.45, 7) is 3.73. The Bertz CT molecular complexity index is 1060. The van der Waals surface area contributed by atoms with Gasteiger partial charge in [-0.15, -0.1) is 0 Å². The molecule has 0 unspecified atom stereocenters. The summed E-state index contributed by atoms with van der Waals surface area (Å²) < 4.78 is 28.4. The maximum absolute atomic E-state index is 13.0. The van der Waals surface area contributed by atoms with E-state index in [1.807, 2.05) is 0 Å². The van der Waals surface area contributed by atoms with Crippen molar-refractivity contribution < 1.29 is 23.1 Å². The fraction of sp³-hybridized carbons (Fsp3) is 0.294. The van der Waals surface area contributed by atoms with Crippen molar-refractivity contribution >= 4 is 39.2 Å². The van der Waals surface area contributed by atoms with E-state index >= 15 is 0 Å². The van der Waals surface area contributed by atoms with Crippen LogP contribution in [0.25, 0.3) is 5.69 Å². The van der Waals surface area contributed by atoms with Crippen LogP contribution < -0.4 is 0 Å². The molecule has 1 saturated heterocycles. The van der Waals surface area contributed by atoms with E-state index in [-0.39, 0.29) is 34.6 Å². The summed E-state index contributed by atoms with van der Waals surface area (Å²) in [4.78, 5) is 24.2. The number of sulfonamides is 1. The molecule has 1 aromatic heterocycles. The largest absolute Gasteiger partial charge is 0.476 e. The lowest BCUT2D eigenvalue weighted by Crippen LogP contribution is -2.53. The number of rotatable bonds is 5. The summed E-state index contributed by atoms with van der Waals surface area (Å²) in [7, 11) is -3.92. The SMILES string of the molecule is CCN1C(=O)CCN(S(=O)(=O)c2ccc(-n3nc(C(=O)O)cc3C)cc2)C1=S. The number of hydrogen-bond acceptors (Lipinski definition) is 6. The van der Waals surface area contributed by atoms with Gasteiger partial charge in [-0.25, -0.2) is 22.2 Å². The first-order chi connectivity index (χ1) is 13.2. The Morgan fingerprint density at radius 2 is 1.93 bits per heavy atom. The molecule has 11 heteroatoms. The van der Waals surface area contributed by atoms with Crippen LogP contribution in [-0.2, 0) is 14.8 Å². The number of hydrogen-bond donors (Lipinski definition) is 1. The van der Waals surface area contributed by atoms with E-state index < -0.39 is 16.0 Å². The molecule has 2 heterocycles. The molecular weight excluding hydrogens is 404 g/mol. The van der Waals surface area contributed by atoms with Gasteiger partial charge in [0.25, 0.3) is 10.0 Å². The second kappa shape index (κ2) is 7.32. The zero-order valence-electron chi connectivity index (χ0n) is 15.2. The average molecular weight is 422 g/mol. The molecular formula is C17H18N4O5S2. The van der Waals surface area contributed by atoms with E-state index in [1.54, 1.807) is 13.8 Å². The second-order valence-electron chi connectivity index (χ2n) is 6.13. The van der Waals surface area contributed by atoms with E-state index in [0.717, 1.165) is 4.31 Å². The zero-order chi connectivity index (χ0) is 20.6. The molecule has 3 rings (SSSR count). The quantitative estimate of drug-likeness (QED) is 0.725. The van der Waals surface area contributed by atoms with Gasteiger partial charge >= 0.3 is 5.97 Å². The number of thiocarbonyl (C=S) groups is 1.